The van der Waals surface area contributed by atoms with E-state index in [-0.39, 0.29) is 0 Å². The second-order valence-electron chi connectivity index (χ2n) is 12.8. The molecule has 2 heterocycles. The number of rotatable bonds is 13. The lowest BCUT2D eigenvalue weighted by Crippen LogP contribution is -2.05. The van der Waals surface area contributed by atoms with Gasteiger partial charge < -0.3 is 4.42 Å². The maximum Gasteiger partial charge on any atom is 0.163 e. The summed E-state index contributed by atoms with van der Waals surface area (Å²) in [5, 5.41) is 7.21. The van der Waals surface area contributed by atoms with Crippen LogP contribution in [0.3, 0.4) is 0 Å². The van der Waals surface area contributed by atoms with Crippen LogP contribution in [-0.4, -0.2) is 14.8 Å². The van der Waals surface area contributed by atoms with E-state index in [4.69, 9.17) is 14.5 Å². The first-order valence-corrected chi connectivity index (χ1v) is 17.0. The van der Waals surface area contributed by atoms with Crippen molar-refractivity contribution in [2.75, 3.05) is 0 Å². The Labute approximate surface area is 268 Å². The number of hydrogen-bond donors (Lipinski definition) is 0. The Morgan fingerprint density at radius 1 is 0.578 bits per heavy atom. The highest BCUT2D eigenvalue weighted by molar-refractivity contribution is 6.06. The molecule has 4 nitrogen and oxygen atoms in total. The Hall–Kier alpha value is -4.18. The molecule has 232 valence electrons. The van der Waals surface area contributed by atoms with Crippen molar-refractivity contribution in [1.29, 1.82) is 0 Å². The zero-order valence-electron chi connectivity index (χ0n) is 27.7. The SMILES string of the molecule is CCCCCCc1ccc(-c2cc(C)c(-n3nc(C)nc3-c3ccc4oc5ccc(CCCCCC)cc5c4c3)c(C)c2)cc1. The van der Waals surface area contributed by atoms with Crippen molar-refractivity contribution in [2.45, 2.75) is 98.8 Å². The number of fused-ring (bicyclic) bond motifs is 3. The average molecular weight is 598 g/mol. The molecule has 0 aliphatic heterocycles. The topological polar surface area (TPSA) is 43.9 Å². The van der Waals surface area contributed by atoms with E-state index in [0.29, 0.717) is 0 Å². The minimum absolute atomic E-state index is 0.758. The molecule has 4 aromatic carbocycles. The summed E-state index contributed by atoms with van der Waals surface area (Å²) in [6.45, 7) is 10.9. The number of furan rings is 1. The zero-order chi connectivity index (χ0) is 31.3. The van der Waals surface area contributed by atoms with Gasteiger partial charge in [0.15, 0.2) is 5.82 Å². The number of aromatic nitrogens is 3. The van der Waals surface area contributed by atoms with Gasteiger partial charge in [-0.25, -0.2) is 9.67 Å². The summed E-state index contributed by atoms with van der Waals surface area (Å²) >= 11 is 0. The molecule has 2 aromatic heterocycles. The van der Waals surface area contributed by atoms with Gasteiger partial charge in [-0.2, -0.15) is 5.10 Å². The highest BCUT2D eigenvalue weighted by atomic mass is 16.3. The molecule has 6 rings (SSSR count). The van der Waals surface area contributed by atoms with E-state index in [1.165, 1.54) is 90.1 Å². The second-order valence-corrected chi connectivity index (χ2v) is 12.8. The van der Waals surface area contributed by atoms with Crippen molar-refractivity contribution in [3.05, 3.63) is 101 Å². The first kappa shape index (κ1) is 30.8. The Morgan fingerprint density at radius 2 is 1.16 bits per heavy atom. The van der Waals surface area contributed by atoms with Crippen molar-refractivity contribution in [3.8, 4) is 28.2 Å². The van der Waals surface area contributed by atoms with Crippen LogP contribution in [0.5, 0.6) is 0 Å². The lowest BCUT2D eigenvalue weighted by Gasteiger charge is -2.15. The van der Waals surface area contributed by atoms with Crippen LogP contribution in [0.2, 0.25) is 0 Å². The predicted molar refractivity (Wildman–Crippen MR) is 189 cm³/mol. The van der Waals surface area contributed by atoms with Crippen molar-refractivity contribution in [3.63, 3.8) is 0 Å². The van der Waals surface area contributed by atoms with Crippen LogP contribution in [0.25, 0.3) is 50.1 Å². The van der Waals surface area contributed by atoms with E-state index in [9.17, 15) is 0 Å². The van der Waals surface area contributed by atoms with E-state index >= 15 is 0 Å². The van der Waals surface area contributed by atoms with Crippen LogP contribution in [0.1, 0.15) is 93.3 Å². The molecular weight excluding hydrogens is 550 g/mol. The third kappa shape index (κ3) is 6.76. The van der Waals surface area contributed by atoms with Crippen LogP contribution in [0.4, 0.5) is 0 Å². The molecule has 0 amide bonds. The number of unbranched alkanes of at least 4 members (excludes halogenated alkanes) is 6. The highest BCUT2D eigenvalue weighted by Gasteiger charge is 2.18. The molecule has 4 heteroatoms. The van der Waals surface area contributed by atoms with Crippen molar-refractivity contribution < 1.29 is 4.42 Å². The summed E-state index contributed by atoms with van der Waals surface area (Å²) in [6.07, 6.45) is 12.5. The molecule has 0 fully saturated rings. The summed E-state index contributed by atoms with van der Waals surface area (Å²) in [5.74, 6) is 1.61. The van der Waals surface area contributed by atoms with Gasteiger partial charge in [0.1, 0.15) is 17.0 Å². The summed E-state index contributed by atoms with van der Waals surface area (Å²) in [4.78, 5) is 4.93. The minimum atomic E-state index is 0.758. The van der Waals surface area contributed by atoms with Gasteiger partial charge in [-0.15, -0.1) is 0 Å². The summed E-state index contributed by atoms with van der Waals surface area (Å²) in [6, 6.07) is 26.8. The van der Waals surface area contributed by atoms with Crippen molar-refractivity contribution in [1.82, 2.24) is 14.8 Å². The Morgan fingerprint density at radius 3 is 1.82 bits per heavy atom. The molecule has 0 saturated heterocycles. The fourth-order valence-electron chi connectivity index (χ4n) is 6.71. The third-order valence-electron chi connectivity index (χ3n) is 9.13. The van der Waals surface area contributed by atoms with Crippen LogP contribution in [0.15, 0.2) is 77.2 Å². The van der Waals surface area contributed by atoms with Gasteiger partial charge in [-0.05, 0) is 122 Å². The predicted octanol–water partition coefficient (Wildman–Crippen LogP) is 11.7. The first-order valence-electron chi connectivity index (χ1n) is 17.0. The van der Waals surface area contributed by atoms with E-state index in [2.05, 4.69) is 100 Å². The molecular formula is C41H47N3O. The van der Waals surface area contributed by atoms with E-state index < -0.39 is 0 Å². The largest absolute Gasteiger partial charge is 0.456 e. The molecule has 6 aromatic rings. The maximum absolute atomic E-state index is 6.25. The van der Waals surface area contributed by atoms with Crippen molar-refractivity contribution >= 4 is 21.9 Å². The number of hydrogen-bond acceptors (Lipinski definition) is 3. The van der Waals surface area contributed by atoms with Gasteiger partial charge in [-0.1, -0.05) is 82.7 Å². The lowest BCUT2D eigenvalue weighted by atomic mass is 9.97. The fraction of sp³-hybridized carbons (Fsp3) is 0.366. The molecule has 0 bridgehead atoms. The van der Waals surface area contributed by atoms with E-state index in [0.717, 1.165) is 52.3 Å². The summed E-state index contributed by atoms with van der Waals surface area (Å²) in [5.41, 5.74) is 11.6. The summed E-state index contributed by atoms with van der Waals surface area (Å²) < 4.78 is 8.28. The lowest BCUT2D eigenvalue weighted by molar-refractivity contribution is 0.663. The number of aryl methyl sites for hydroxylation is 5. The molecule has 0 unspecified atom stereocenters. The third-order valence-corrected chi connectivity index (χ3v) is 9.13. The number of nitrogens with zero attached hydrogens (tertiary/aromatic N) is 3. The molecule has 0 atom stereocenters. The standard InChI is InChI=1S/C41H47N3O/c1-6-8-10-12-14-31-16-19-33(20-17-31)35-24-28(3)40(29(4)25-35)44-41(42-30(5)43-44)34-21-23-39-37(27-34)36-26-32(15-13-11-9-7-2)18-22-38(36)45-39/h16-27H,6-15H2,1-5H3. The van der Waals surface area contributed by atoms with Gasteiger partial charge in [0.05, 0.1) is 5.69 Å². The Kier molecular flexibility index (Phi) is 9.49. The second kappa shape index (κ2) is 13.9. The highest BCUT2D eigenvalue weighted by Crippen LogP contribution is 2.35. The Balaban J connectivity index is 1.31. The van der Waals surface area contributed by atoms with Gasteiger partial charge in [-0.3, -0.25) is 0 Å². The normalized spacial score (nSPS) is 11.7. The molecule has 0 radical (unpaired) electrons. The quantitative estimate of drug-likeness (QED) is 0.124. The average Bonchev–Trinajstić information content (AvgIpc) is 3.60. The fourth-order valence-corrected chi connectivity index (χ4v) is 6.71. The van der Waals surface area contributed by atoms with Crippen LogP contribution in [-0.2, 0) is 12.8 Å². The van der Waals surface area contributed by atoms with Gasteiger partial charge >= 0.3 is 0 Å². The molecule has 0 aliphatic rings. The first-order chi connectivity index (χ1) is 21.9. The molecule has 0 spiro atoms. The molecule has 0 aliphatic carbocycles. The summed E-state index contributed by atoms with van der Waals surface area (Å²) in [7, 11) is 0. The van der Waals surface area contributed by atoms with Crippen LogP contribution >= 0.6 is 0 Å². The van der Waals surface area contributed by atoms with Gasteiger partial charge in [0, 0.05) is 16.3 Å². The van der Waals surface area contributed by atoms with Gasteiger partial charge in [0.2, 0.25) is 0 Å². The van der Waals surface area contributed by atoms with E-state index in [1.807, 2.05) is 11.6 Å². The smallest absolute Gasteiger partial charge is 0.163 e. The maximum atomic E-state index is 6.25. The molecule has 0 N–H and O–H groups in total. The van der Waals surface area contributed by atoms with E-state index in [1.54, 1.807) is 0 Å². The monoisotopic (exact) mass is 597 g/mol. The van der Waals surface area contributed by atoms with Crippen LogP contribution < -0.4 is 0 Å². The van der Waals surface area contributed by atoms with Gasteiger partial charge in [0.25, 0.3) is 0 Å². The molecule has 0 saturated carbocycles. The minimum Gasteiger partial charge on any atom is -0.456 e. The molecule has 45 heavy (non-hydrogen) atoms. The number of benzene rings is 4. The van der Waals surface area contributed by atoms with Crippen molar-refractivity contribution in [2.24, 2.45) is 0 Å². The Bertz CT molecular complexity index is 1880. The van der Waals surface area contributed by atoms with Crippen LogP contribution in [0, 0.1) is 20.8 Å². The zero-order valence-corrected chi connectivity index (χ0v) is 27.7.